The van der Waals surface area contributed by atoms with Crippen molar-refractivity contribution in [3.05, 3.63) is 22.4 Å². The first-order chi connectivity index (χ1) is 6.70. The first-order valence-corrected chi connectivity index (χ1v) is 5.48. The topological polar surface area (TPSA) is 24.8 Å². The highest BCUT2D eigenvalue weighted by Crippen LogP contribution is 2.07. The summed E-state index contributed by atoms with van der Waals surface area (Å²) in [5.41, 5.74) is 2.07. The third kappa shape index (κ3) is 3.89. The van der Waals surface area contributed by atoms with Crippen LogP contribution in [0, 0.1) is 0 Å². The molecule has 0 atom stereocenters. The molecule has 0 amide bonds. The molecule has 0 fully saturated rings. The maximum Gasteiger partial charge on any atom is 0.129 e. The molecule has 78 valence electrons. The van der Waals surface area contributed by atoms with Crippen LogP contribution in [0.3, 0.4) is 0 Å². The van der Waals surface area contributed by atoms with Crippen molar-refractivity contribution < 1.29 is 4.84 Å². The van der Waals surface area contributed by atoms with Crippen LogP contribution in [0.25, 0.3) is 0 Å². The lowest BCUT2D eigenvalue weighted by Gasteiger charge is -2.07. The molecule has 0 aliphatic carbocycles. The van der Waals surface area contributed by atoms with Gasteiger partial charge in [-0.2, -0.15) is 11.3 Å². The molecule has 1 rings (SSSR count). The second kappa shape index (κ2) is 5.78. The molecule has 1 heterocycles. The lowest BCUT2D eigenvalue weighted by molar-refractivity contribution is 0.126. The van der Waals surface area contributed by atoms with E-state index in [4.69, 9.17) is 4.84 Å². The van der Waals surface area contributed by atoms with Crippen LogP contribution in [-0.4, -0.2) is 37.9 Å². The standard InChI is InChI=1S/C10H16N2OS/c1-9(10-4-7-14-8-10)11-13-6-5-12(2)3/h4,7-8H,5-6H2,1-3H3/b11-9+. The van der Waals surface area contributed by atoms with E-state index in [-0.39, 0.29) is 0 Å². The number of nitrogens with zero attached hydrogens (tertiary/aromatic N) is 2. The minimum Gasteiger partial charge on any atom is -0.394 e. The molecule has 0 aromatic carbocycles. The first-order valence-electron chi connectivity index (χ1n) is 4.54. The molecule has 4 heteroatoms. The van der Waals surface area contributed by atoms with Gasteiger partial charge in [-0.05, 0) is 37.8 Å². The number of hydrogen-bond acceptors (Lipinski definition) is 4. The van der Waals surface area contributed by atoms with Crippen LogP contribution >= 0.6 is 11.3 Å². The summed E-state index contributed by atoms with van der Waals surface area (Å²) in [6, 6.07) is 2.04. The van der Waals surface area contributed by atoms with Crippen molar-refractivity contribution >= 4 is 17.0 Å². The SMILES string of the molecule is C/C(=N\OCCN(C)C)c1ccsc1. The van der Waals surface area contributed by atoms with Crippen molar-refractivity contribution in [3.63, 3.8) is 0 Å². The Bertz CT molecular complexity index is 280. The second-order valence-corrected chi connectivity index (χ2v) is 4.11. The minimum absolute atomic E-state index is 0.633. The Morgan fingerprint density at radius 2 is 2.36 bits per heavy atom. The highest BCUT2D eigenvalue weighted by molar-refractivity contribution is 7.08. The Labute approximate surface area is 89.0 Å². The van der Waals surface area contributed by atoms with Gasteiger partial charge in [-0.15, -0.1) is 0 Å². The summed E-state index contributed by atoms with van der Waals surface area (Å²) in [5, 5.41) is 8.13. The quantitative estimate of drug-likeness (QED) is 0.424. The van der Waals surface area contributed by atoms with Crippen LogP contribution in [-0.2, 0) is 4.84 Å². The molecular weight excluding hydrogens is 196 g/mol. The maximum atomic E-state index is 5.18. The van der Waals surface area contributed by atoms with Gasteiger partial charge in [0.2, 0.25) is 0 Å². The van der Waals surface area contributed by atoms with E-state index < -0.39 is 0 Å². The minimum atomic E-state index is 0.633. The number of oxime groups is 1. The van der Waals surface area contributed by atoms with Gasteiger partial charge in [0.05, 0.1) is 5.71 Å². The molecule has 0 aliphatic rings. The molecule has 3 nitrogen and oxygen atoms in total. The summed E-state index contributed by atoms with van der Waals surface area (Å²) < 4.78 is 0. The summed E-state index contributed by atoms with van der Waals surface area (Å²) in [6.45, 7) is 3.48. The third-order valence-corrected chi connectivity index (χ3v) is 2.45. The van der Waals surface area contributed by atoms with Crippen LogP contribution in [0.5, 0.6) is 0 Å². The summed E-state index contributed by atoms with van der Waals surface area (Å²) >= 11 is 1.67. The van der Waals surface area contributed by atoms with Gasteiger partial charge in [-0.25, -0.2) is 0 Å². The van der Waals surface area contributed by atoms with E-state index in [2.05, 4.69) is 15.4 Å². The molecule has 1 aromatic heterocycles. The van der Waals surface area contributed by atoms with E-state index in [9.17, 15) is 0 Å². The molecule has 0 saturated carbocycles. The zero-order valence-corrected chi connectivity index (χ0v) is 9.67. The van der Waals surface area contributed by atoms with Gasteiger partial charge in [0, 0.05) is 12.1 Å². The van der Waals surface area contributed by atoms with E-state index >= 15 is 0 Å². The van der Waals surface area contributed by atoms with E-state index in [0.717, 1.165) is 17.8 Å². The maximum absolute atomic E-state index is 5.18. The first kappa shape index (κ1) is 11.2. The van der Waals surface area contributed by atoms with Gasteiger partial charge >= 0.3 is 0 Å². The molecule has 0 bridgehead atoms. The van der Waals surface area contributed by atoms with E-state index in [1.807, 2.05) is 32.5 Å². The van der Waals surface area contributed by atoms with Crippen molar-refractivity contribution in [1.82, 2.24) is 4.90 Å². The average Bonchev–Trinajstić information content (AvgIpc) is 2.64. The Morgan fingerprint density at radius 3 is 2.93 bits per heavy atom. The van der Waals surface area contributed by atoms with Gasteiger partial charge < -0.3 is 9.74 Å². The molecule has 0 spiro atoms. The molecule has 0 radical (unpaired) electrons. The molecule has 0 unspecified atom stereocenters. The van der Waals surface area contributed by atoms with Crippen molar-refractivity contribution in [2.75, 3.05) is 27.2 Å². The Kier molecular flexibility index (Phi) is 4.62. The zero-order valence-electron chi connectivity index (χ0n) is 8.86. The van der Waals surface area contributed by atoms with Gasteiger partial charge in [0.1, 0.15) is 6.61 Å². The fourth-order valence-electron chi connectivity index (χ4n) is 0.889. The number of hydrogen-bond donors (Lipinski definition) is 0. The van der Waals surface area contributed by atoms with Crippen LogP contribution in [0.2, 0.25) is 0 Å². The molecule has 1 aromatic rings. The smallest absolute Gasteiger partial charge is 0.129 e. The van der Waals surface area contributed by atoms with Gasteiger partial charge in [-0.3, -0.25) is 0 Å². The Morgan fingerprint density at radius 1 is 1.57 bits per heavy atom. The fraction of sp³-hybridized carbons (Fsp3) is 0.500. The molecule has 14 heavy (non-hydrogen) atoms. The van der Waals surface area contributed by atoms with Crippen LogP contribution in [0.15, 0.2) is 22.0 Å². The molecule has 0 saturated heterocycles. The monoisotopic (exact) mass is 212 g/mol. The van der Waals surface area contributed by atoms with E-state index in [0.29, 0.717) is 6.61 Å². The average molecular weight is 212 g/mol. The van der Waals surface area contributed by atoms with Crippen LogP contribution in [0.4, 0.5) is 0 Å². The summed E-state index contributed by atoms with van der Waals surface area (Å²) in [4.78, 5) is 7.25. The van der Waals surface area contributed by atoms with Crippen LogP contribution in [0.1, 0.15) is 12.5 Å². The normalized spacial score (nSPS) is 12.1. The van der Waals surface area contributed by atoms with Crippen molar-refractivity contribution in [3.8, 4) is 0 Å². The van der Waals surface area contributed by atoms with Gasteiger partial charge in [0.25, 0.3) is 0 Å². The van der Waals surface area contributed by atoms with Crippen molar-refractivity contribution in [2.45, 2.75) is 6.92 Å². The lowest BCUT2D eigenvalue weighted by atomic mass is 10.2. The predicted octanol–water partition coefficient (Wildman–Crippen LogP) is 2.05. The summed E-state index contributed by atoms with van der Waals surface area (Å²) in [5.74, 6) is 0. The van der Waals surface area contributed by atoms with Crippen molar-refractivity contribution in [1.29, 1.82) is 0 Å². The van der Waals surface area contributed by atoms with Crippen LogP contribution < -0.4 is 0 Å². The highest BCUT2D eigenvalue weighted by Gasteiger charge is 1.97. The summed E-state index contributed by atoms with van der Waals surface area (Å²) in [7, 11) is 4.03. The van der Waals surface area contributed by atoms with E-state index in [1.54, 1.807) is 11.3 Å². The number of thiophene rings is 1. The predicted molar refractivity (Wildman–Crippen MR) is 61.0 cm³/mol. The lowest BCUT2D eigenvalue weighted by Crippen LogP contribution is -2.17. The number of rotatable bonds is 5. The number of likely N-dealkylation sites (N-methyl/N-ethyl adjacent to an activating group) is 1. The van der Waals surface area contributed by atoms with Gasteiger partial charge in [0.15, 0.2) is 0 Å². The third-order valence-electron chi connectivity index (χ3n) is 1.77. The fourth-order valence-corrected chi connectivity index (χ4v) is 1.59. The largest absolute Gasteiger partial charge is 0.394 e. The zero-order chi connectivity index (χ0) is 10.4. The highest BCUT2D eigenvalue weighted by atomic mass is 32.1. The summed E-state index contributed by atoms with van der Waals surface area (Å²) in [6.07, 6.45) is 0. The van der Waals surface area contributed by atoms with Gasteiger partial charge in [-0.1, -0.05) is 5.16 Å². The Balaban J connectivity index is 2.31. The Hall–Kier alpha value is -0.870. The van der Waals surface area contributed by atoms with E-state index in [1.165, 1.54) is 0 Å². The molecule has 0 N–H and O–H groups in total. The second-order valence-electron chi connectivity index (χ2n) is 3.33. The molecule has 0 aliphatic heterocycles. The van der Waals surface area contributed by atoms with Crippen molar-refractivity contribution in [2.24, 2.45) is 5.16 Å². The molecular formula is C10H16N2OS.